The van der Waals surface area contributed by atoms with E-state index in [2.05, 4.69) is 5.32 Å². The van der Waals surface area contributed by atoms with E-state index in [1.165, 1.54) is 4.90 Å². The fraction of sp³-hybridized carbons (Fsp3) is 0.467. The van der Waals surface area contributed by atoms with E-state index in [-0.39, 0.29) is 18.4 Å². The van der Waals surface area contributed by atoms with E-state index in [0.29, 0.717) is 18.4 Å². The summed E-state index contributed by atoms with van der Waals surface area (Å²) in [6.45, 7) is 3.52. The van der Waals surface area contributed by atoms with Gasteiger partial charge in [-0.2, -0.15) is 0 Å². The molecule has 0 unspecified atom stereocenters. The summed E-state index contributed by atoms with van der Waals surface area (Å²) in [6.07, 6.45) is 1.10. The molecule has 20 heavy (non-hydrogen) atoms. The average Bonchev–Trinajstić information content (AvgIpc) is 2.45. The molecule has 108 valence electrons. The molecule has 0 atom stereocenters. The Bertz CT molecular complexity index is 552. The predicted molar refractivity (Wildman–Crippen MR) is 76.7 cm³/mol. The first kappa shape index (κ1) is 14.5. The number of likely N-dealkylation sites (N-methyl/N-ethyl adjacent to an activating group) is 1. The molecule has 0 saturated heterocycles. The molecule has 1 heterocycles. The van der Waals surface area contributed by atoms with E-state index in [1.54, 1.807) is 19.2 Å². The number of carbonyl (C=O) groups is 2. The highest BCUT2D eigenvalue weighted by Crippen LogP contribution is 2.25. The molecule has 1 aromatic carbocycles. The van der Waals surface area contributed by atoms with Gasteiger partial charge in [0.1, 0.15) is 0 Å². The van der Waals surface area contributed by atoms with Crippen molar-refractivity contribution in [2.45, 2.75) is 32.2 Å². The van der Waals surface area contributed by atoms with E-state index < -0.39 is 5.54 Å². The molecule has 0 spiro atoms. The van der Waals surface area contributed by atoms with Crippen LogP contribution >= 0.6 is 0 Å². The van der Waals surface area contributed by atoms with Crippen LogP contribution in [0.1, 0.15) is 36.2 Å². The normalized spacial score (nSPS) is 14.5. The molecule has 2 rings (SSSR count). The van der Waals surface area contributed by atoms with Crippen molar-refractivity contribution in [2.24, 2.45) is 0 Å². The number of aliphatic hydroxyl groups is 1. The summed E-state index contributed by atoms with van der Waals surface area (Å²) in [4.78, 5) is 25.3. The van der Waals surface area contributed by atoms with Gasteiger partial charge in [-0.15, -0.1) is 0 Å². The van der Waals surface area contributed by atoms with E-state index in [4.69, 9.17) is 0 Å². The summed E-state index contributed by atoms with van der Waals surface area (Å²) in [5, 5.41) is 12.1. The summed E-state index contributed by atoms with van der Waals surface area (Å²) in [6, 6.07) is 5.29. The molecule has 2 amide bonds. The van der Waals surface area contributed by atoms with Crippen molar-refractivity contribution in [3.05, 3.63) is 29.3 Å². The topological polar surface area (TPSA) is 69.6 Å². The molecule has 5 heteroatoms. The van der Waals surface area contributed by atoms with Crippen LogP contribution in [0.5, 0.6) is 0 Å². The zero-order valence-corrected chi connectivity index (χ0v) is 12.1. The molecular weight excluding hydrogens is 256 g/mol. The van der Waals surface area contributed by atoms with E-state index in [1.807, 2.05) is 19.9 Å². The third-order valence-electron chi connectivity index (χ3n) is 3.85. The first-order chi connectivity index (χ1) is 9.35. The van der Waals surface area contributed by atoms with Crippen LogP contribution in [0.4, 0.5) is 5.69 Å². The van der Waals surface area contributed by atoms with E-state index >= 15 is 0 Å². The minimum atomic E-state index is -0.610. The number of aryl methyl sites for hydroxylation is 1. The van der Waals surface area contributed by atoms with Crippen LogP contribution < -0.4 is 5.32 Å². The number of benzene rings is 1. The Hall–Kier alpha value is -1.88. The molecular formula is C15H20N2O3. The Balaban J connectivity index is 2.26. The second-order valence-electron chi connectivity index (χ2n) is 5.75. The third-order valence-corrected chi connectivity index (χ3v) is 3.85. The summed E-state index contributed by atoms with van der Waals surface area (Å²) in [5.74, 6) is -0.126. The maximum atomic E-state index is 12.4. The maximum Gasteiger partial charge on any atom is 0.254 e. The van der Waals surface area contributed by atoms with Crippen molar-refractivity contribution in [1.29, 1.82) is 0 Å². The van der Waals surface area contributed by atoms with E-state index in [0.717, 1.165) is 11.3 Å². The SMILES string of the molecule is CN(C(=O)c1ccc2c(c1)CCC(=O)N2)C(C)(C)CO. The molecule has 0 aliphatic carbocycles. The Labute approximate surface area is 118 Å². The van der Waals surface area contributed by atoms with Gasteiger partial charge >= 0.3 is 0 Å². The molecule has 0 fully saturated rings. The number of nitrogens with zero attached hydrogens (tertiary/aromatic N) is 1. The lowest BCUT2D eigenvalue weighted by atomic mass is 9.98. The Morgan fingerprint density at radius 2 is 2.10 bits per heavy atom. The standard InChI is InChI=1S/C15H20N2O3/c1-15(2,9-18)17(3)14(20)11-4-6-12-10(8-11)5-7-13(19)16-12/h4,6,8,18H,5,7,9H2,1-3H3,(H,16,19). The average molecular weight is 276 g/mol. The quantitative estimate of drug-likeness (QED) is 0.877. The summed E-state index contributed by atoms with van der Waals surface area (Å²) in [7, 11) is 1.68. The van der Waals surface area contributed by atoms with Crippen LogP contribution in [-0.2, 0) is 11.2 Å². The minimum Gasteiger partial charge on any atom is -0.394 e. The van der Waals surface area contributed by atoms with Crippen LogP contribution in [0.3, 0.4) is 0 Å². The lowest BCUT2D eigenvalue weighted by Crippen LogP contribution is -2.47. The lowest BCUT2D eigenvalue weighted by Gasteiger charge is -2.34. The van der Waals surface area contributed by atoms with Gasteiger partial charge in [0, 0.05) is 24.7 Å². The van der Waals surface area contributed by atoms with Crippen LogP contribution in [0, 0.1) is 0 Å². The van der Waals surface area contributed by atoms with Gasteiger partial charge in [-0.1, -0.05) is 0 Å². The molecule has 5 nitrogen and oxygen atoms in total. The van der Waals surface area contributed by atoms with Gasteiger partial charge in [-0.05, 0) is 44.0 Å². The van der Waals surface area contributed by atoms with Gasteiger partial charge in [0.2, 0.25) is 5.91 Å². The molecule has 2 N–H and O–H groups in total. The Morgan fingerprint density at radius 1 is 1.40 bits per heavy atom. The fourth-order valence-electron chi connectivity index (χ4n) is 2.09. The van der Waals surface area contributed by atoms with Crippen LogP contribution in [0.2, 0.25) is 0 Å². The third kappa shape index (κ3) is 2.67. The number of rotatable bonds is 3. The van der Waals surface area contributed by atoms with Crippen molar-refractivity contribution in [2.75, 3.05) is 19.0 Å². The first-order valence-corrected chi connectivity index (χ1v) is 6.67. The maximum absolute atomic E-state index is 12.4. The second-order valence-corrected chi connectivity index (χ2v) is 5.75. The van der Waals surface area contributed by atoms with Gasteiger partial charge in [0.25, 0.3) is 5.91 Å². The summed E-state index contributed by atoms with van der Waals surface area (Å²) < 4.78 is 0. The van der Waals surface area contributed by atoms with Crippen molar-refractivity contribution in [1.82, 2.24) is 4.90 Å². The van der Waals surface area contributed by atoms with Gasteiger partial charge in [0.05, 0.1) is 12.1 Å². The Kier molecular flexibility index (Phi) is 3.81. The number of amides is 2. The first-order valence-electron chi connectivity index (χ1n) is 6.67. The molecule has 1 aliphatic rings. The van der Waals surface area contributed by atoms with Gasteiger partial charge in [0.15, 0.2) is 0 Å². The van der Waals surface area contributed by atoms with Crippen LogP contribution in [0.25, 0.3) is 0 Å². The highest BCUT2D eigenvalue weighted by molar-refractivity contribution is 5.98. The highest BCUT2D eigenvalue weighted by atomic mass is 16.3. The lowest BCUT2D eigenvalue weighted by molar-refractivity contribution is -0.116. The number of hydrogen-bond donors (Lipinski definition) is 2. The highest BCUT2D eigenvalue weighted by Gasteiger charge is 2.28. The van der Waals surface area contributed by atoms with Crippen LogP contribution in [0.15, 0.2) is 18.2 Å². The van der Waals surface area contributed by atoms with Crippen molar-refractivity contribution < 1.29 is 14.7 Å². The van der Waals surface area contributed by atoms with E-state index in [9.17, 15) is 14.7 Å². The molecule has 1 aliphatic heterocycles. The number of anilines is 1. The molecule has 0 saturated carbocycles. The molecule has 0 radical (unpaired) electrons. The second kappa shape index (κ2) is 5.25. The summed E-state index contributed by atoms with van der Waals surface area (Å²) >= 11 is 0. The smallest absolute Gasteiger partial charge is 0.254 e. The minimum absolute atomic E-state index is 0.00936. The fourth-order valence-corrected chi connectivity index (χ4v) is 2.09. The van der Waals surface area contributed by atoms with Gasteiger partial charge < -0.3 is 15.3 Å². The largest absolute Gasteiger partial charge is 0.394 e. The van der Waals surface area contributed by atoms with Crippen molar-refractivity contribution >= 4 is 17.5 Å². The number of carbonyl (C=O) groups excluding carboxylic acids is 2. The summed E-state index contributed by atoms with van der Waals surface area (Å²) in [5.41, 5.74) is 1.72. The van der Waals surface area contributed by atoms with Gasteiger partial charge in [-0.3, -0.25) is 9.59 Å². The number of fused-ring (bicyclic) bond motifs is 1. The zero-order chi connectivity index (χ0) is 14.9. The van der Waals surface area contributed by atoms with Gasteiger partial charge in [-0.25, -0.2) is 0 Å². The molecule has 1 aromatic rings. The zero-order valence-electron chi connectivity index (χ0n) is 12.1. The number of aliphatic hydroxyl groups excluding tert-OH is 1. The molecule has 0 bridgehead atoms. The van der Waals surface area contributed by atoms with Crippen LogP contribution in [-0.4, -0.2) is 41.0 Å². The van der Waals surface area contributed by atoms with Crippen molar-refractivity contribution in [3.8, 4) is 0 Å². The number of nitrogens with one attached hydrogen (secondary N) is 1. The predicted octanol–water partition coefficient (Wildman–Crippen LogP) is 1.41. The monoisotopic (exact) mass is 276 g/mol. The molecule has 0 aromatic heterocycles. The Morgan fingerprint density at radius 3 is 2.75 bits per heavy atom. The number of hydrogen-bond acceptors (Lipinski definition) is 3. The van der Waals surface area contributed by atoms with Crippen molar-refractivity contribution in [3.63, 3.8) is 0 Å².